The fourth-order valence-electron chi connectivity index (χ4n) is 2.76. The van der Waals surface area contributed by atoms with Gasteiger partial charge in [-0.2, -0.15) is 11.8 Å². The maximum atomic E-state index is 12.5. The Balaban J connectivity index is 1.81. The van der Waals surface area contributed by atoms with E-state index >= 15 is 0 Å². The van der Waals surface area contributed by atoms with Crippen molar-refractivity contribution in [2.24, 2.45) is 0 Å². The summed E-state index contributed by atoms with van der Waals surface area (Å²) in [5.41, 5.74) is 2.23. The molecule has 0 bridgehead atoms. The van der Waals surface area contributed by atoms with Crippen molar-refractivity contribution in [2.75, 3.05) is 26.4 Å². The molecule has 1 aromatic heterocycles. The lowest BCUT2D eigenvalue weighted by Crippen LogP contribution is -2.46. The molecule has 0 atom stereocenters. The molecule has 0 aliphatic heterocycles. The minimum Gasteiger partial charge on any atom is -0.316 e. The first-order chi connectivity index (χ1) is 14.4. The van der Waals surface area contributed by atoms with E-state index in [1.54, 1.807) is 12.2 Å². The number of halogens is 1. The number of hydrogen-bond donors (Lipinski definition) is 2. The van der Waals surface area contributed by atoms with E-state index in [1.165, 1.54) is 5.56 Å². The number of nitrogens with one attached hydrogen (secondary N) is 2. The summed E-state index contributed by atoms with van der Waals surface area (Å²) >= 11 is 5.33. The lowest BCUT2D eigenvalue weighted by atomic mass is 10.1. The lowest BCUT2D eigenvalue weighted by Gasteiger charge is -2.08. The van der Waals surface area contributed by atoms with Crippen LogP contribution in [0.2, 0.25) is 0 Å². The zero-order chi connectivity index (χ0) is 21.5. The molecule has 0 fully saturated rings. The van der Waals surface area contributed by atoms with Gasteiger partial charge in [0.05, 0.1) is 0 Å². The highest BCUT2D eigenvalue weighted by Crippen LogP contribution is 2.15. The minimum absolute atomic E-state index is 0.217. The zero-order valence-corrected chi connectivity index (χ0v) is 19.3. The third kappa shape index (κ3) is 6.32. The number of H-pyrrole nitrogens is 2. The summed E-state index contributed by atoms with van der Waals surface area (Å²) in [4.78, 5) is 32.5. The molecule has 0 aliphatic carbocycles. The van der Waals surface area contributed by atoms with Crippen LogP contribution in [0.1, 0.15) is 16.7 Å². The molecular formula is C23H24BrN3O2S. The predicted octanol–water partition coefficient (Wildman–Crippen LogP) is 2.28. The first kappa shape index (κ1) is 22.3. The second kappa shape index (κ2) is 10.6. The number of aromatic nitrogens is 2. The van der Waals surface area contributed by atoms with E-state index in [0.717, 1.165) is 33.7 Å². The third-order valence-electron chi connectivity index (χ3n) is 4.43. The molecule has 0 saturated carbocycles. The third-order valence-corrected chi connectivity index (χ3v) is 6.16. The highest BCUT2D eigenvalue weighted by molar-refractivity contribution is 9.10. The van der Waals surface area contributed by atoms with Crippen LogP contribution >= 0.6 is 27.7 Å². The minimum atomic E-state index is -0.342. The van der Waals surface area contributed by atoms with Crippen LogP contribution in [-0.2, 0) is 5.75 Å². The standard InChI is InChI=1S/C23H24BrN3O2S/c1-27(2)11-12-30-15-17-9-7-16(8-10-17)13-20-22(28)26-21(23(29)25-20)14-18-5-3-4-6-19(18)24/h3-10,13-14H,11-12,15H2,1-2H3,(H,25,29)(H,26,28). The molecular weight excluding hydrogens is 462 g/mol. The van der Waals surface area contributed by atoms with Gasteiger partial charge in [0.15, 0.2) is 0 Å². The van der Waals surface area contributed by atoms with Crippen LogP contribution in [0, 0.1) is 0 Å². The van der Waals surface area contributed by atoms with Crippen molar-refractivity contribution >= 4 is 39.8 Å². The highest BCUT2D eigenvalue weighted by Gasteiger charge is 2.00. The van der Waals surface area contributed by atoms with Crippen LogP contribution in [0.3, 0.4) is 0 Å². The molecule has 0 unspecified atom stereocenters. The second-order valence-electron chi connectivity index (χ2n) is 7.14. The van der Waals surface area contributed by atoms with Gasteiger partial charge >= 0.3 is 0 Å². The summed E-state index contributed by atoms with van der Waals surface area (Å²) < 4.78 is 0.848. The van der Waals surface area contributed by atoms with Crippen molar-refractivity contribution in [1.82, 2.24) is 14.9 Å². The van der Waals surface area contributed by atoms with E-state index in [-0.39, 0.29) is 21.8 Å². The molecule has 2 aromatic carbocycles. The van der Waals surface area contributed by atoms with Crippen molar-refractivity contribution in [3.63, 3.8) is 0 Å². The molecule has 1 heterocycles. The van der Waals surface area contributed by atoms with Gasteiger partial charge in [0.1, 0.15) is 10.7 Å². The molecule has 5 nitrogen and oxygen atoms in total. The monoisotopic (exact) mass is 485 g/mol. The summed E-state index contributed by atoms with van der Waals surface area (Å²) in [6, 6.07) is 15.5. The molecule has 0 amide bonds. The van der Waals surface area contributed by atoms with Crippen LogP contribution in [-0.4, -0.2) is 41.3 Å². The van der Waals surface area contributed by atoms with Crippen LogP contribution in [0.5, 0.6) is 0 Å². The van der Waals surface area contributed by atoms with Gasteiger partial charge in [0, 0.05) is 22.5 Å². The average Bonchev–Trinajstić information content (AvgIpc) is 2.71. The summed E-state index contributed by atoms with van der Waals surface area (Å²) in [6.45, 7) is 1.06. The van der Waals surface area contributed by atoms with Crippen LogP contribution in [0.25, 0.3) is 12.2 Å². The van der Waals surface area contributed by atoms with Gasteiger partial charge in [0.25, 0.3) is 11.1 Å². The number of nitrogens with zero attached hydrogens (tertiary/aromatic N) is 1. The topological polar surface area (TPSA) is 69.0 Å². The van der Waals surface area contributed by atoms with Crippen LogP contribution in [0.4, 0.5) is 0 Å². The SMILES string of the molecule is CN(C)CCSCc1ccc(C=c2[nH]c(=O)c(=Cc3ccccc3Br)[nH]c2=O)cc1. The van der Waals surface area contributed by atoms with Crippen molar-refractivity contribution in [2.45, 2.75) is 5.75 Å². The first-order valence-corrected chi connectivity index (χ1v) is 11.5. The summed E-state index contributed by atoms with van der Waals surface area (Å²) in [7, 11) is 4.14. The number of aromatic amines is 2. The average molecular weight is 486 g/mol. The van der Waals surface area contributed by atoms with E-state index in [0.29, 0.717) is 0 Å². The van der Waals surface area contributed by atoms with Gasteiger partial charge in [-0.15, -0.1) is 0 Å². The van der Waals surface area contributed by atoms with Crippen LogP contribution < -0.4 is 21.8 Å². The quantitative estimate of drug-likeness (QED) is 0.503. The lowest BCUT2D eigenvalue weighted by molar-refractivity contribution is 0.437. The summed E-state index contributed by atoms with van der Waals surface area (Å²) in [5.74, 6) is 2.03. The van der Waals surface area contributed by atoms with Crippen molar-refractivity contribution < 1.29 is 0 Å². The van der Waals surface area contributed by atoms with Crippen molar-refractivity contribution in [1.29, 1.82) is 0 Å². The zero-order valence-electron chi connectivity index (χ0n) is 16.9. The number of rotatable bonds is 7. The molecule has 3 rings (SSSR count). The molecule has 156 valence electrons. The summed E-state index contributed by atoms with van der Waals surface area (Å²) in [5, 5.41) is 0.450. The molecule has 0 aliphatic rings. The Kier molecular flexibility index (Phi) is 7.90. The number of hydrogen-bond acceptors (Lipinski definition) is 4. The van der Waals surface area contributed by atoms with Gasteiger partial charge in [-0.05, 0) is 49.0 Å². The molecule has 0 saturated heterocycles. The number of benzene rings is 2. The normalized spacial score (nSPS) is 12.7. The molecule has 3 aromatic rings. The summed E-state index contributed by atoms with van der Waals surface area (Å²) in [6.07, 6.45) is 3.34. The van der Waals surface area contributed by atoms with E-state index in [4.69, 9.17) is 0 Å². The fourth-order valence-corrected chi connectivity index (χ4v) is 4.22. The Morgan fingerprint density at radius 1 is 0.933 bits per heavy atom. The molecule has 0 spiro atoms. The van der Waals surface area contributed by atoms with Gasteiger partial charge in [-0.1, -0.05) is 58.4 Å². The van der Waals surface area contributed by atoms with E-state index in [1.807, 2.05) is 48.2 Å². The van der Waals surface area contributed by atoms with E-state index < -0.39 is 0 Å². The smallest absolute Gasteiger partial charge is 0.272 e. The van der Waals surface area contributed by atoms with E-state index in [9.17, 15) is 9.59 Å². The van der Waals surface area contributed by atoms with Crippen molar-refractivity contribution in [3.05, 3.63) is 101 Å². The van der Waals surface area contributed by atoms with E-state index in [2.05, 4.69) is 57.0 Å². The van der Waals surface area contributed by atoms with Crippen LogP contribution in [0.15, 0.2) is 62.6 Å². The number of thioether (sulfide) groups is 1. The van der Waals surface area contributed by atoms with Crippen molar-refractivity contribution in [3.8, 4) is 0 Å². The second-order valence-corrected chi connectivity index (χ2v) is 9.10. The maximum absolute atomic E-state index is 12.5. The molecule has 2 N–H and O–H groups in total. The Morgan fingerprint density at radius 3 is 2.20 bits per heavy atom. The van der Waals surface area contributed by atoms with Gasteiger partial charge in [-0.3, -0.25) is 9.59 Å². The Hall–Kier alpha value is -2.35. The highest BCUT2D eigenvalue weighted by atomic mass is 79.9. The molecule has 7 heteroatoms. The largest absolute Gasteiger partial charge is 0.316 e. The Labute approximate surface area is 187 Å². The molecule has 0 radical (unpaired) electrons. The van der Waals surface area contributed by atoms with Gasteiger partial charge < -0.3 is 14.9 Å². The van der Waals surface area contributed by atoms with Gasteiger partial charge in [0.2, 0.25) is 0 Å². The predicted molar refractivity (Wildman–Crippen MR) is 129 cm³/mol. The first-order valence-electron chi connectivity index (χ1n) is 9.54. The van der Waals surface area contributed by atoms with Gasteiger partial charge in [-0.25, -0.2) is 0 Å². The Morgan fingerprint density at radius 2 is 1.57 bits per heavy atom. The molecule has 30 heavy (non-hydrogen) atoms. The Bertz CT molecular complexity index is 1230. The fraction of sp³-hybridized carbons (Fsp3) is 0.217. The maximum Gasteiger partial charge on any atom is 0.272 e.